The van der Waals surface area contributed by atoms with Crippen LogP contribution in [0.5, 0.6) is 5.75 Å². The number of benzene rings is 2. The lowest BCUT2D eigenvalue weighted by atomic mass is 10.1. The van der Waals surface area contributed by atoms with Gasteiger partial charge >= 0.3 is 0 Å². The highest BCUT2D eigenvalue weighted by Gasteiger charge is 2.24. The van der Waals surface area contributed by atoms with Crippen molar-refractivity contribution in [3.8, 4) is 5.75 Å². The van der Waals surface area contributed by atoms with Crippen molar-refractivity contribution in [2.75, 3.05) is 32.1 Å². The van der Waals surface area contributed by atoms with Gasteiger partial charge in [-0.1, -0.05) is 24.3 Å². The first-order chi connectivity index (χ1) is 12.5. The number of piperidine rings is 1. The number of rotatable bonds is 5. The molecule has 0 atom stereocenters. The molecule has 1 amide bonds. The van der Waals surface area contributed by atoms with Crippen LogP contribution in [0.4, 0.5) is 10.1 Å². The molecule has 2 aromatic rings. The molecule has 0 N–H and O–H groups in total. The summed E-state index contributed by atoms with van der Waals surface area (Å²) in [6.45, 7) is 1.29. The lowest BCUT2D eigenvalue weighted by Gasteiger charge is -2.32. The van der Waals surface area contributed by atoms with Crippen molar-refractivity contribution in [1.29, 1.82) is 0 Å². The molecule has 0 bridgehead atoms. The summed E-state index contributed by atoms with van der Waals surface area (Å²) < 4.78 is 19.4. The van der Waals surface area contributed by atoms with Gasteiger partial charge < -0.3 is 14.5 Å². The minimum absolute atomic E-state index is 0.0460. The van der Waals surface area contributed by atoms with Gasteiger partial charge in [-0.2, -0.15) is 0 Å². The Bertz CT molecular complexity index is 738. The Morgan fingerprint density at radius 1 is 1.12 bits per heavy atom. The smallest absolute Gasteiger partial charge is 0.226 e. The average molecular weight is 356 g/mol. The van der Waals surface area contributed by atoms with Gasteiger partial charge in [0.25, 0.3) is 0 Å². The minimum Gasteiger partial charge on any atom is -0.487 e. The van der Waals surface area contributed by atoms with Crippen molar-refractivity contribution >= 4 is 11.6 Å². The zero-order chi connectivity index (χ0) is 18.5. The van der Waals surface area contributed by atoms with Gasteiger partial charge in [0.2, 0.25) is 5.91 Å². The van der Waals surface area contributed by atoms with Crippen LogP contribution in [0.2, 0.25) is 0 Å². The summed E-state index contributed by atoms with van der Waals surface area (Å²) in [6.07, 6.45) is 1.81. The van der Waals surface area contributed by atoms with Gasteiger partial charge in [0, 0.05) is 45.7 Å². The summed E-state index contributed by atoms with van der Waals surface area (Å²) in [5.41, 5.74) is 2.14. The summed E-state index contributed by atoms with van der Waals surface area (Å²) in [6, 6.07) is 14.5. The van der Waals surface area contributed by atoms with E-state index in [1.807, 2.05) is 48.2 Å². The van der Waals surface area contributed by atoms with E-state index < -0.39 is 0 Å². The highest BCUT2D eigenvalue weighted by Crippen LogP contribution is 2.22. The molecule has 1 saturated heterocycles. The van der Waals surface area contributed by atoms with E-state index >= 15 is 0 Å². The fourth-order valence-corrected chi connectivity index (χ4v) is 3.14. The topological polar surface area (TPSA) is 32.8 Å². The van der Waals surface area contributed by atoms with Gasteiger partial charge in [0.15, 0.2) is 11.6 Å². The number of anilines is 1. The molecule has 5 heteroatoms. The fourth-order valence-electron chi connectivity index (χ4n) is 3.14. The number of ether oxygens (including phenoxy) is 1. The molecule has 0 radical (unpaired) electrons. The summed E-state index contributed by atoms with van der Waals surface area (Å²) in [5, 5.41) is 0. The molecule has 0 aromatic heterocycles. The number of amides is 1. The van der Waals surface area contributed by atoms with Gasteiger partial charge in [0.05, 0.1) is 6.42 Å². The molecule has 138 valence electrons. The molecule has 0 spiro atoms. The number of likely N-dealkylation sites (tertiary alicyclic amines) is 1. The van der Waals surface area contributed by atoms with Gasteiger partial charge in [-0.15, -0.1) is 0 Å². The lowest BCUT2D eigenvalue weighted by molar-refractivity contribution is -0.132. The molecule has 3 rings (SSSR count). The molecule has 26 heavy (non-hydrogen) atoms. The summed E-state index contributed by atoms with van der Waals surface area (Å²) in [4.78, 5) is 16.4. The van der Waals surface area contributed by atoms with Gasteiger partial charge in [-0.25, -0.2) is 4.39 Å². The first kappa shape index (κ1) is 18.2. The predicted octanol–water partition coefficient (Wildman–Crippen LogP) is 3.50. The van der Waals surface area contributed by atoms with Crippen LogP contribution in [-0.4, -0.2) is 44.1 Å². The van der Waals surface area contributed by atoms with E-state index in [2.05, 4.69) is 0 Å². The maximum Gasteiger partial charge on any atom is 0.226 e. The van der Waals surface area contributed by atoms with Crippen LogP contribution >= 0.6 is 0 Å². The van der Waals surface area contributed by atoms with Crippen LogP contribution < -0.4 is 9.64 Å². The number of carbonyl (C=O) groups excluding carboxylic acids is 1. The van der Waals surface area contributed by atoms with Crippen molar-refractivity contribution < 1.29 is 13.9 Å². The third-order valence-corrected chi connectivity index (χ3v) is 4.73. The Hall–Kier alpha value is -2.56. The Morgan fingerprint density at radius 2 is 1.77 bits per heavy atom. The van der Waals surface area contributed by atoms with Crippen LogP contribution in [0.15, 0.2) is 48.5 Å². The highest BCUT2D eigenvalue weighted by molar-refractivity contribution is 5.79. The quantitative estimate of drug-likeness (QED) is 0.822. The maximum atomic E-state index is 13.7. The van der Waals surface area contributed by atoms with E-state index in [4.69, 9.17) is 4.74 Å². The van der Waals surface area contributed by atoms with E-state index in [9.17, 15) is 9.18 Å². The second kappa shape index (κ2) is 8.21. The third-order valence-electron chi connectivity index (χ3n) is 4.73. The second-order valence-corrected chi connectivity index (χ2v) is 6.87. The molecule has 1 fully saturated rings. The van der Waals surface area contributed by atoms with E-state index in [-0.39, 0.29) is 17.8 Å². The van der Waals surface area contributed by atoms with Gasteiger partial charge in [0.1, 0.15) is 6.10 Å². The van der Waals surface area contributed by atoms with Crippen LogP contribution in [0, 0.1) is 5.82 Å². The number of nitrogens with zero attached hydrogens (tertiary/aromatic N) is 2. The van der Waals surface area contributed by atoms with Crippen LogP contribution in [-0.2, 0) is 11.2 Å². The molecule has 1 heterocycles. The van der Waals surface area contributed by atoms with E-state index in [0.29, 0.717) is 25.3 Å². The number of para-hydroxylation sites is 1. The van der Waals surface area contributed by atoms with Crippen molar-refractivity contribution in [3.63, 3.8) is 0 Å². The monoisotopic (exact) mass is 356 g/mol. The van der Waals surface area contributed by atoms with Crippen molar-refractivity contribution in [2.45, 2.75) is 25.4 Å². The zero-order valence-corrected chi connectivity index (χ0v) is 15.3. The van der Waals surface area contributed by atoms with Crippen molar-refractivity contribution in [2.24, 2.45) is 0 Å². The Morgan fingerprint density at radius 3 is 2.38 bits per heavy atom. The number of hydrogen-bond acceptors (Lipinski definition) is 3. The van der Waals surface area contributed by atoms with Crippen molar-refractivity contribution in [1.82, 2.24) is 4.90 Å². The van der Waals surface area contributed by atoms with Crippen LogP contribution in [0.25, 0.3) is 0 Å². The third kappa shape index (κ3) is 4.54. The minimum atomic E-state index is -0.341. The number of halogens is 1. The largest absolute Gasteiger partial charge is 0.487 e. The Balaban J connectivity index is 1.49. The molecular formula is C21H25FN2O2. The highest BCUT2D eigenvalue weighted by atomic mass is 19.1. The lowest BCUT2D eigenvalue weighted by Crippen LogP contribution is -2.42. The molecule has 4 nitrogen and oxygen atoms in total. The van der Waals surface area contributed by atoms with E-state index in [1.54, 1.807) is 18.2 Å². The predicted molar refractivity (Wildman–Crippen MR) is 101 cm³/mol. The molecule has 0 unspecified atom stereocenters. The first-order valence-electron chi connectivity index (χ1n) is 8.98. The van der Waals surface area contributed by atoms with Crippen LogP contribution in [0.3, 0.4) is 0 Å². The molecule has 1 aliphatic rings. The normalized spacial score (nSPS) is 15.0. The molecule has 0 aliphatic carbocycles. The molecule has 2 aromatic carbocycles. The van der Waals surface area contributed by atoms with Crippen LogP contribution in [0.1, 0.15) is 18.4 Å². The number of carbonyl (C=O) groups is 1. The first-order valence-corrected chi connectivity index (χ1v) is 8.98. The average Bonchev–Trinajstić information content (AvgIpc) is 2.64. The fraction of sp³-hybridized carbons (Fsp3) is 0.381. The van der Waals surface area contributed by atoms with Crippen molar-refractivity contribution in [3.05, 3.63) is 59.9 Å². The van der Waals surface area contributed by atoms with Gasteiger partial charge in [-0.05, 0) is 29.8 Å². The standard InChI is InChI=1S/C21H25FN2O2/c1-23(2)17-9-7-16(8-10-17)15-21(25)24-13-11-18(12-14-24)26-20-6-4-3-5-19(20)22/h3-10,18H,11-15H2,1-2H3. The van der Waals surface area contributed by atoms with E-state index in [0.717, 1.165) is 24.1 Å². The SMILES string of the molecule is CN(C)c1ccc(CC(=O)N2CCC(Oc3ccccc3F)CC2)cc1. The molecule has 0 saturated carbocycles. The second-order valence-electron chi connectivity index (χ2n) is 6.87. The maximum absolute atomic E-state index is 13.7. The Kier molecular flexibility index (Phi) is 5.76. The summed E-state index contributed by atoms with van der Waals surface area (Å²) >= 11 is 0. The number of hydrogen-bond donors (Lipinski definition) is 0. The van der Waals surface area contributed by atoms with Gasteiger partial charge in [-0.3, -0.25) is 4.79 Å². The summed E-state index contributed by atoms with van der Waals surface area (Å²) in [7, 11) is 3.99. The molecular weight excluding hydrogens is 331 g/mol. The Labute approximate surface area is 154 Å². The van der Waals surface area contributed by atoms with E-state index in [1.165, 1.54) is 6.07 Å². The zero-order valence-electron chi connectivity index (χ0n) is 15.3. The molecule has 1 aliphatic heterocycles. The summed E-state index contributed by atoms with van der Waals surface area (Å²) in [5.74, 6) is 0.0809.